The van der Waals surface area contributed by atoms with Crippen molar-refractivity contribution in [3.05, 3.63) is 21.9 Å². The van der Waals surface area contributed by atoms with Crippen LogP contribution < -0.4 is 5.32 Å². The molecule has 0 bridgehead atoms. The van der Waals surface area contributed by atoms with E-state index < -0.39 is 0 Å². The molecule has 0 aromatic carbocycles. The molecule has 18 heavy (non-hydrogen) atoms. The monoisotopic (exact) mass is 265 g/mol. The highest BCUT2D eigenvalue weighted by molar-refractivity contribution is 7.11. The second-order valence-electron chi connectivity index (χ2n) is 5.85. The highest BCUT2D eigenvalue weighted by atomic mass is 32.1. The van der Waals surface area contributed by atoms with Gasteiger partial charge in [0.25, 0.3) is 0 Å². The minimum Gasteiger partial charge on any atom is -0.316 e. The van der Waals surface area contributed by atoms with Crippen molar-refractivity contribution in [3.8, 4) is 0 Å². The summed E-state index contributed by atoms with van der Waals surface area (Å²) in [6.45, 7) is 4.66. The molecule has 1 aliphatic carbocycles. The highest BCUT2D eigenvalue weighted by Gasteiger charge is 2.26. The van der Waals surface area contributed by atoms with E-state index in [4.69, 9.17) is 0 Å². The Bertz CT molecular complexity index is 358. The van der Waals surface area contributed by atoms with Gasteiger partial charge in [0, 0.05) is 15.8 Å². The van der Waals surface area contributed by atoms with Crippen molar-refractivity contribution in [1.82, 2.24) is 5.32 Å². The SMILES string of the molecule is CCc1ccc(CC(NC)C2CCCC(C)C2)s1. The number of rotatable bonds is 5. The van der Waals surface area contributed by atoms with Crippen LogP contribution in [0.5, 0.6) is 0 Å². The summed E-state index contributed by atoms with van der Waals surface area (Å²) in [4.78, 5) is 3.08. The van der Waals surface area contributed by atoms with E-state index in [1.165, 1.54) is 43.4 Å². The van der Waals surface area contributed by atoms with Crippen molar-refractivity contribution in [1.29, 1.82) is 0 Å². The molecule has 1 heterocycles. The Labute approximate surface area is 116 Å². The van der Waals surface area contributed by atoms with Crippen molar-refractivity contribution < 1.29 is 0 Å². The van der Waals surface area contributed by atoms with Crippen molar-refractivity contribution in [2.24, 2.45) is 11.8 Å². The van der Waals surface area contributed by atoms with Crippen LogP contribution in [0.3, 0.4) is 0 Å². The normalized spacial score (nSPS) is 26.2. The van der Waals surface area contributed by atoms with Crippen molar-refractivity contribution >= 4 is 11.3 Å². The molecule has 3 atom stereocenters. The van der Waals surface area contributed by atoms with Gasteiger partial charge in [0.2, 0.25) is 0 Å². The summed E-state index contributed by atoms with van der Waals surface area (Å²) < 4.78 is 0. The molecule has 3 unspecified atom stereocenters. The molecule has 0 radical (unpaired) electrons. The van der Waals surface area contributed by atoms with Gasteiger partial charge in [-0.1, -0.05) is 26.7 Å². The van der Waals surface area contributed by atoms with Gasteiger partial charge < -0.3 is 5.32 Å². The molecular weight excluding hydrogens is 238 g/mol. The summed E-state index contributed by atoms with van der Waals surface area (Å²) in [6.07, 6.45) is 8.09. The lowest BCUT2D eigenvalue weighted by Gasteiger charge is -2.33. The second kappa shape index (κ2) is 6.72. The van der Waals surface area contributed by atoms with Crippen molar-refractivity contribution in [3.63, 3.8) is 0 Å². The van der Waals surface area contributed by atoms with Crippen molar-refractivity contribution in [2.45, 2.75) is 58.4 Å². The topological polar surface area (TPSA) is 12.0 Å². The molecule has 1 aromatic heterocycles. The predicted octanol–water partition coefficient (Wildman–Crippen LogP) is 4.27. The average Bonchev–Trinajstić information content (AvgIpc) is 2.83. The zero-order chi connectivity index (χ0) is 13.0. The van der Waals surface area contributed by atoms with E-state index in [9.17, 15) is 0 Å². The molecule has 0 spiro atoms. The summed E-state index contributed by atoms with van der Waals surface area (Å²) in [5.41, 5.74) is 0. The van der Waals surface area contributed by atoms with Gasteiger partial charge in [-0.3, -0.25) is 0 Å². The third-order valence-electron chi connectivity index (χ3n) is 4.40. The lowest BCUT2D eigenvalue weighted by molar-refractivity contribution is 0.228. The van der Waals surface area contributed by atoms with E-state index >= 15 is 0 Å². The summed E-state index contributed by atoms with van der Waals surface area (Å²) in [5, 5.41) is 3.57. The minimum atomic E-state index is 0.677. The molecule has 1 aromatic rings. The first-order valence-electron chi connectivity index (χ1n) is 7.47. The van der Waals surface area contributed by atoms with E-state index in [0.717, 1.165) is 11.8 Å². The highest BCUT2D eigenvalue weighted by Crippen LogP contribution is 2.32. The smallest absolute Gasteiger partial charge is 0.0141 e. The first kappa shape index (κ1) is 14.1. The second-order valence-corrected chi connectivity index (χ2v) is 7.11. The van der Waals surface area contributed by atoms with Crippen LogP contribution in [0.15, 0.2) is 12.1 Å². The van der Waals surface area contributed by atoms with Crippen LogP contribution in [0.1, 0.15) is 49.3 Å². The summed E-state index contributed by atoms with van der Waals surface area (Å²) in [7, 11) is 2.14. The Morgan fingerprint density at radius 2 is 2.11 bits per heavy atom. The summed E-state index contributed by atoms with van der Waals surface area (Å²) >= 11 is 2.00. The van der Waals surface area contributed by atoms with E-state index in [1.807, 2.05) is 11.3 Å². The Balaban J connectivity index is 1.95. The van der Waals surface area contributed by atoms with E-state index in [-0.39, 0.29) is 0 Å². The molecule has 0 saturated heterocycles. The maximum absolute atomic E-state index is 3.57. The number of likely N-dealkylation sites (N-methyl/N-ethyl adjacent to an activating group) is 1. The fraction of sp³-hybridized carbons (Fsp3) is 0.750. The number of nitrogens with one attached hydrogen (secondary N) is 1. The minimum absolute atomic E-state index is 0.677. The molecule has 0 amide bonds. The number of hydrogen-bond donors (Lipinski definition) is 1. The molecule has 1 aliphatic rings. The van der Waals surface area contributed by atoms with Gasteiger partial charge in [-0.05, 0) is 56.7 Å². The average molecular weight is 265 g/mol. The standard InChI is InChI=1S/C16H27NS/c1-4-14-8-9-15(18-14)11-16(17-3)13-7-5-6-12(2)10-13/h8-9,12-13,16-17H,4-7,10-11H2,1-3H3. The Morgan fingerprint density at radius 3 is 2.72 bits per heavy atom. The maximum Gasteiger partial charge on any atom is 0.0141 e. The van der Waals surface area contributed by atoms with Gasteiger partial charge in [-0.2, -0.15) is 0 Å². The molecule has 1 fully saturated rings. The molecule has 102 valence electrons. The van der Waals surface area contributed by atoms with Crippen LogP contribution in [0, 0.1) is 11.8 Å². The summed E-state index contributed by atoms with van der Waals surface area (Å²) in [5.74, 6) is 1.81. The van der Waals surface area contributed by atoms with Gasteiger partial charge in [-0.15, -0.1) is 11.3 Å². The van der Waals surface area contributed by atoms with Crippen LogP contribution in [-0.4, -0.2) is 13.1 Å². The third-order valence-corrected chi connectivity index (χ3v) is 5.66. The van der Waals surface area contributed by atoms with Crippen molar-refractivity contribution in [2.75, 3.05) is 7.05 Å². The maximum atomic E-state index is 3.57. The fourth-order valence-electron chi connectivity index (χ4n) is 3.29. The molecule has 1 saturated carbocycles. The zero-order valence-corrected chi connectivity index (χ0v) is 12.9. The van der Waals surface area contributed by atoms with Gasteiger partial charge in [-0.25, -0.2) is 0 Å². The molecular formula is C16H27NS. The number of aryl methyl sites for hydroxylation is 1. The molecule has 0 aliphatic heterocycles. The lowest BCUT2D eigenvalue weighted by atomic mass is 9.77. The largest absolute Gasteiger partial charge is 0.316 e. The van der Waals surface area contributed by atoms with E-state index in [1.54, 1.807) is 4.88 Å². The number of thiophene rings is 1. The number of hydrogen-bond acceptors (Lipinski definition) is 2. The summed E-state index contributed by atoms with van der Waals surface area (Å²) in [6, 6.07) is 5.31. The Kier molecular flexibility index (Phi) is 5.25. The quantitative estimate of drug-likeness (QED) is 0.838. The van der Waals surface area contributed by atoms with Crippen LogP contribution in [0.2, 0.25) is 0 Å². The fourth-order valence-corrected chi connectivity index (χ4v) is 4.31. The van der Waals surface area contributed by atoms with Gasteiger partial charge in [0.05, 0.1) is 0 Å². The van der Waals surface area contributed by atoms with Gasteiger partial charge >= 0.3 is 0 Å². The molecule has 2 heteroatoms. The first-order chi connectivity index (χ1) is 8.72. The Morgan fingerprint density at radius 1 is 1.33 bits per heavy atom. The van der Waals surface area contributed by atoms with Gasteiger partial charge in [0.1, 0.15) is 0 Å². The van der Waals surface area contributed by atoms with Crippen LogP contribution in [0.4, 0.5) is 0 Å². The molecule has 1 nitrogen and oxygen atoms in total. The van der Waals surface area contributed by atoms with Crippen LogP contribution in [-0.2, 0) is 12.8 Å². The first-order valence-corrected chi connectivity index (χ1v) is 8.29. The van der Waals surface area contributed by atoms with Crippen LogP contribution >= 0.6 is 11.3 Å². The van der Waals surface area contributed by atoms with Crippen LogP contribution in [0.25, 0.3) is 0 Å². The van der Waals surface area contributed by atoms with E-state index in [2.05, 4.69) is 38.3 Å². The lowest BCUT2D eigenvalue weighted by Crippen LogP contribution is -2.37. The Hall–Kier alpha value is -0.340. The van der Waals surface area contributed by atoms with E-state index in [0.29, 0.717) is 6.04 Å². The molecule has 1 N–H and O–H groups in total. The third kappa shape index (κ3) is 3.58. The predicted molar refractivity (Wildman–Crippen MR) is 81.4 cm³/mol. The zero-order valence-electron chi connectivity index (χ0n) is 12.0. The van der Waals surface area contributed by atoms with Gasteiger partial charge in [0.15, 0.2) is 0 Å². The molecule has 2 rings (SSSR count).